The lowest BCUT2D eigenvalue weighted by Crippen LogP contribution is -2.24. The molecule has 3 rings (SSSR count). The third-order valence-electron chi connectivity index (χ3n) is 3.35. The molecule has 3 heteroatoms. The van der Waals surface area contributed by atoms with Crippen molar-refractivity contribution in [1.29, 1.82) is 0 Å². The fourth-order valence-corrected chi connectivity index (χ4v) is 2.45. The van der Waals surface area contributed by atoms with Crippen molar-refractivity contribution in [3.05, 3.63) is 36.0 Å². The Labute approximate surface area is 101 Å². The van der Waals surface area contributed by atoms with Gasteiger partial charge in [0, 0.05) is 24.8 Å². The Kier molecular flexibility index (Phi) is 3.12. The second-order valence-electron chi connectivity index (χ2n) is 4.75. The van der Waals surface area contributed by atoms with Gasteiger partial charge in [0.2, 0.25) is 0 Å². The number of rotatable bonds is 2. The topological polar surface area (TPSA) is 37.0 Å². The highest BCUT2D eigenvalue weighted by Crippen LogP contribution is 2.17. The first kappa shape index (κ1) is 10.8. The van der Waals surface area contributed by atoms with Gasteiger partial charge in [-0.05, 0) is 41.5 Å². The van der Waals surface area contributed by atoms with E-state index in [1.54, 1.807) is 0 Å². The van der Waals surface area contributed by atoms with Gasteiger partial charge in [0.25, 0.3) is 0 Å². The zero-order valence-corrected chi connectivity index (χ0v) is 9.91. The van der Waals surface area contributed by atoms with E-state index in [1.807, 2.05) is 6.20 Å². The van der Waals surface area contributed by atoms with Crippen molar-refractivity contribution in [2.45, 2.75) is 6.42 Å². The number of aromatic nitrogens is 1. The molecular formula is C14H18N2O. The van der Waals surface area contributed by atoms with Gasteiger partial charge in [-0.1, -0.05) is 6.07 Å². The van der Waals surface area contributed by atoms with E-state index in [0.717, 1.165) is 32.7 Å². The van der Waals surface area contributed by atoms with Gasteiger partial charge in [-0.25, -0.2) is 0 Å². The van der Waals surface area contributed by atoms with Crippen LogP contribution < -0.4 is 5.32 Å². The van der Waals surface area contributed by atoms with Crippen LogP contribution in [0.15, 0.2) is 30.5 Å². The first-order valence-corrected chi connectivity index (χ1v) is 6.26. The highest BCUT2D eigenvalue weighted by molar-refractivity contribution is 5.79. The minimum atomic E-state index is 0.592. The average Bonchev–Trinajstić information content (AvgIpc) is 2.65. The first-order valence-electron chi connectivity index (χ1n) is 6.26. The third-order valence-corrected chi connectivity index (χ3v) is 3.35. The zero-order chi connectivity index (χ0) is 11.5. The number of H-pyrrole nitrogens is 1. The summed E-state index contributed by atoms with van der Waals surface area (Å²) in [4.78, 5) is 3.22. The number of fused-ring (bicyclic) bond motifs is 1. The summed E-state index contributed by atoms with van der Waals surface area (Å²) < 4.78 is 5.58. The second kappa shape index (κ2) is 4.90. The van der Waals surface area contributed by atoms with E-state index in [1.165, 1.54) is 16.5 Å². The maximum atomic E-state index is 5.58. The number of aromatic amines is 1. The van der Waals surface area contributed by atoms with Crippen LogP contribution in [-0.2, 0) is 11.2 Å². The summed E-state index contributed by atoms with van der Waals surface area (Å²) in [6.45, 7) is 3.75. The molecule has 17 heavy (non-hydrogen) atoms. The van der Waals surface area contributed by atoms with Crippen LogP contribution in [0.2, 0.25) is 0 Å². The lowest BCUT2D eigenvalue weighted by molar-refractivity contribution is 0.123. The molecule has 1 aromatic carbocycles. The number of hydrogen-bond donors (Lipinski definition) is 2. The lowest BCUT2D eigenvalue weighted by atomic mass is 9.99. The van der Waals surface area contributed by atoms with Crippen LogP contribution in [0.5, 0.6) is 0 Å². The normalized spacial score (nSPS) is 21.5. The van der Waals surface area contributed by atoms with E-state index in [9.17, 15) is 0 Å². The minimum Gasteiger partial charge on any atom is -0.380 e. The van der Waals surface area contributed by atoms with E-state index in [-0.39, 0.29) is 0 Å². The van der Waals surface area contributed by atoms with Crippen molar-refractivity contribution in [2.24, 2.45) is 5.92 Å². The molecule has 0 aliphatic carbocycles. The Morgan fingerprint density at radius 1 is 1.29 bits per heavy atom. The van der Waals surface area contributed by atoms with E-state index in [0.29, 0.717) is 5.92 Å². The second-order valence-corrected chi connectivity index (χ2v) is 4.75. The average molecular weight is 230 g/mol. The molecule has 90 valence electrons. The summed E-state index contributed by atoms with van der Waals surface area (Å²) in [5, 5.41) is 4.71. The third kappa shape index (κ3) is 2.51. The molecule has 3 nitrogen and oxygen atoms in total. The molecule has 2 aromatic rings. The van der Waals surface area contributed by atoms with Gasteiger partial charge in [0.1, 0.15) is 0 Å². The summed E-state index contributed by atoms with van der Waals surface area (Å²) in [6.07, 6.45) is 3.08. The van der Waals surface area contributed by atoms with E-state index in [2.05, 4.69) is 34.6 Å². The number of hydrogen-bond acceptors (Lipinski definition) is 2. The van der Waals surface area contributed by atoms with Crippen molar-refractivity contribution < 1.29 is 4.74 Å². The van der Waals surface area contributed by atoms with Crippen LogP contribution in [-0.4, -0.2) is 31.3 Å². The monoisotopic (exact) mass is 230 g/mol. The molecule has 1 fully saturated rings. The highest BCUT2D eigenvalue weighted by atomic mass is 16.5. The standard InChI is InChI=1S/C14H18N2O/c1-2-14-13(3-4-16-14)8-11(1)7-12-9-15-5-6-17-10-12/h1-4,8,12,15-16H,5-7,9-10H2. The molecule has 0 saturated carbocycles. The van der Waals surface area contributed by atoms with Crippen LogP contribution in [0.3, 0.4) is 0 Å². The fraction of sp³-hybridized carbons (Fsp3) is 0.429. The van der Waals surface area contributed by atoms with Gasteiger partial charge in [-0.3, -0.25) is 0 Å². The Morgan fingerprint density at radius 2 is 2.29 bits per heavy atom. The molecule has 1 saturated heterocycles. The van der Waals surface area contributed by atoms with Gasteiger partial charge < -0.3 is 15.0 Å². The molecule has 0 bridgehead atoms. The summed E-state index contributed by atoms with van der Waals surface area (Å²) in [6, 6.07) is 8.77. The lowest BCUT2D eigenvalue weighted by Gasteiger charge is -2.13. The zero-order valence-electron chi connectivity index (χ0n) is 9.91. The minimum absolute atomic E-state index is 0.592. The molecule has 1 aliphatic rings. The number of benzene rings is 1. The highest BCUT2D eigenvalue weighted by Gasteiger charge is 2.13. The van der Waals surface area contributed by atoms with Gasteiger partial charge in [-0.15, -0.1) is 0 Å². The largest absolute Gasteiger partial charge is 0.380 e. The Morgan fingerprint density at radius 3 is 3.29 bits per heavy atom. The number of nitrogens with one attached hydrogen (secondary N) is 2. The van der Waals surface area contributed by atoms with Gasteiger partial charge in [0.15, 0.2) is 0 Å². The Balaban J connectivity index is 1.74. The van der Waals surface area contributed by atoms with E-state index >= 15 is 0 Å². The fourth-order valence-electron chi connectivity index (χ4n) is 2.45. The van der Waals surface area contributed by atoms with Crippen molar-refractivity contribution >= 4 is 10.9 Å². The first-order chi connectivity index (χ1) is 8.42. The molecule has 2 N–H and O–H groups in total. The molecule has 1 unspecified atom stereocenters. The van der Waals surface area contributed by atoms with Crippen molar-refractivity contribution in [1.82, 2.24) is 10.3 Å². The SMILES string of the molecule is c1cc2cc(CC3CNCCOC3)ccc2[nH]1. The molecule has 1 aliphatic heterocycles. The smallest absolute Gasteiger partial charge is 0.0591 e. The maximum absolute atomic E-state index is 5.58. The van der Waals surface area contributed by atoms with Crippen molar-refractivity contribution in [2.75, 3.05) is 26.3 Å². The van der Waals surface area contributed by atoms with Crippen LogP contribution in [0.1, 0.15) is 5.56 Å². The van der Waals surface area contributed by atoms with Gasteiger partial charge >= 0.3 is 0 Å². The quantitative estimate of drug-likeness (QED) is 0.827. The molecule has 0 radical (unpaired) electrons. The van der Waals surface area contributed by atoms with Crippen LogP contribution in [0, 0.1) is 5.92 Å². The van der Waals surface area contributed by atoms with Gasteiger partial charge in [-0.2, -0.15) is 0 Å². The van der Waals surface area contributed by atoms with E-state index in [4.69, 9.17) is 4.74 Å². The Bertz CT molecular complexity index is 484. The molecular weight excluding hydrogens is 212 g/mol. The molecule has 1 atom stereocenters. The summed E-state index contributed by atoms with van der Waals surface area (Å²) >= 11 is 0. The summed E-state index contributed by atoms with van der Waals surface area (Å²) in [5.41, 5.74) is 2.61. The predicted molar refractivity (Wildman–Crippen MR) is 69.2 cm³/mol. The molecule has 2 heterocycles. The maximum Gasteiger partial charge on any atom is 0.0591 e. The Hall–Kier alpha value is -1.32. The van der Waals surface area contributed by atoms with Crippen LogP contribution in [0.25, 0.3) is 10.9 Å². The summed E-state index contributed by atoms with van der Waals surface area (Å²) in [7, 11) is 0. The summed E-state index contributed by atoms with van der Waals surface area (Å²) in [5.74, 6) is 0.592. The van der Waals surface area contributed by atoms with Crippen molar-refractivity contribution in [3.8, 4) is 0 Å². The van der Waals surface area contributed by atoms with E-state index < -0.39 is 0 Å². The molecule has 1 aromatic heterocycles. The number of ether oxygens (including phenoxy) is 1. The van der Waals surface area contributed by atoms with Crippen molar-refractivity contribution in [3.63, 3.8) is 0 Å². The molecule has 0 spiro atoms. The van der Waals surface area contributed by atoms with Gasteiger partial charge in [0.05, 0.1) is 13.2 Å². The molecule has 0 amide bonds. The van der Waals surface area contributed by atoms with Crippen LogP contribution in [0.4, 0.5) is 0 Å². The predicted octanol–water partition coefficient (Wildman–Crippen LogP) is 1.95. The van der Waals surface area contributed by atoms with Crippen LogP contribution >= 0.6 is 0 Å².